The molecule has 49 heavy (non-hydrogen) atoms. The lowest BCUT2D eigenvalue weighted by Crippen LogP contribution is -2.57. The van der Waals surface area contributed by atoms with E-state index in [0.717, 1.165) is 6.33 Å². The minimum atomic E-state index is -1.67. The van der Waals surface area contributed by atoms with E-state index in [-0.39, 0.29) is 47.5 Å². The van der Waals surface area contributed by atoms with Gasteiger partial charge in [0.2, 0.25) is 0 Å². The number of alkyl carbamates (subject to hydrolysis) is 1. The van der Waals surface area contributed by atoms with Gasteiger partial charge in [0.05, 0.1) is 23.9 Å². The molecule has 15 nitrogen and oxygen atoms in total. The number of amides is 3. The lowest BCUT2D eigenvalue weighted by atomic mass is 9.99. The number of nitrogens with one attached hydrogen (secondary N) is 1. The van der Waals surface area contributed by atoms with Gasteiger partial charge in [-0.15, -0.1) is 0 Å². The predicted molar refractivity (Wildman–Crippen MR) is 180 cm³/mol. The third-order valence-corrected chi connectivity index (χ3v) is 7.86. The van der Waals surface area contributed by atoms with Crippen LogP contribution in [0.3, 0.4) is 0 Å². The Hall–Kier alpha value is -4.54. The van der Waals surface area contributed by atoms with E-state index >= 15 is 4.39 Å². The van der Waals surface area contributed by atoms with Crippen LogP contribution in [-0.4, -0.2) is 84.3 Å². The monoisotopic (exact) mass is 749 g/mol. The first kappa shape index (κ1) is 37.3. The Bertz CT molecular complexity index is 1750. The van der Waals surface area contributed by atoms with Gasteiger partial charge in [-0.25, -0.2) is 38.5 Å². The van der Waals surface area contributed by atoms with Gasteiger partial charge in [0.25, 0.3) is 0 Å². The fourth-order valence-electron chi connectivity index (χ4n) is 5.05. The van der Waals surface area contributed by atoms with Crippen LogP contribution < -0.4 is 15.1 Å². The number of carbonyl (C=O) groups is 4. The highest BCUT2D eigenvalue weighted by atomic mass is 79.9. The molecule has 0 radical (unpaired) electrons. The van der Waals surface area contributed by atoms with Gasteiger partial charge in [0, 0.05) is 24.2 Å². The summed E-state index contributed by atoms with van der Waals surface area (Å²) in [6.07, 6.45) is -0.370. The number of halogens is 2. The van der Waals surface area contributed by atoms with Crippen LogP contribution in [0.4, 0.5) is 30.3 Å². The van der Waals surface area contributed by atoms with Crippen molar-refractivity contribution in [1.29, 1.82) is 0 Å². The summed E-state index contributed by atoms with van der Waals surface area (Å²) in [6, 6.07) is 2.77. The molecule has 1 saturated heterocycles. The zero-order valence-electron chi connectivity index (χ0n) is 28.9. The van der Waals surface area contributed by atoms with Crippen molar-refractivity contribution in [3.05, 3.63) is 40.6 Å². The lowest BCUT2D eigenvalue weighted by molar-refractivity contribution is -0.143. The number of imidazole rings is 1. The number of fused-ring (bicyclic) bond motifs is 1. The molecular formula is C32H41BrFN7O8. The van der Waals surface area contributed by atoms with Crippen LogP contribution in [0.1, 0.15) is 74.3 Å². The molecule has 0 aliphatic carbocycles. The van der Waals surface area contributed by atoms with Crippen molar-refractivity contribution >= 4 is 62.8 Å². The smallest absolute Gasteiger partial charge is 0.425 e. The van der Waals surface area contributed by atoms with Gasteiger partial charge in [0.1, 0.15) is 28.9 Å². The number of aliphatic carboxylic acids is 1. The maximum atomic E-state index is 15.0. The van der Waals surface area contributed by atoms with Gasteiger partial charge in [-0.05, 0) is 90.4 Å². The molecule has 0 spiro atoms. The number of benzene rings is 1. The van der Waals surface area contributed by atoms with Crippen LogP contribution in [0.2, 0.25) is 0 Å². The van der Waals surface area contributed by atoms with Crippen LogP contribution in [0, 0.1) is 5.82 Å². The maximum Gasteiger partial charge on any atom is 0.425 e. The highest BCUT2D eigenvalue weighted by Crippen LogP contribution is 2.36. The van der Waals surface area contributed by atoms with Gasteiger partial charge in [-0.2, -0.15) is 4.90 Å². The van der Waals surface area contributed by atoms with E-state index in [9.17, 15) is 24.3 Å². The zero-order chi connectivity index (χ0) is 36.7. The van der Waals surface area contributed by atoms with Crippen molar-refractivity contribution in [2.24, 2.45) is 0 Å². The molecular weight excluding hydrogens is 709 g/mol. The molecule has 3 amide bonds. The largest absolute Gasteiger partial charge is 0.479 e. The highest BCUT2D eigenvalue weighted by molar-refractivity contribution is 9.10. The predicted octanol–water partition coefficient (Wildman–Crippen LogP) is 6.01. The van der Waals surface area contributed by atoms with Gasteiger partial charge in [0.15, 0.2) is 22.5 Å². The van der Waals surface area contributed by atoms with Gasteiger partial charge < -0.3 is 34.1 Å². The van der Waals surface area contributed by atoms with E-state index in [1.165, 1.54) is 18.5 Å². The van der Waals surface area contributed by atoms with Crippen LogP contribution >= 0.6 is 15.9 Å². The topological polar surface area (TPSA) is 178 Å². The molecule has 4 rings (SSSR count). The van der Waals surface area contributed by atoms with Crippen molar-refractivity contribution in [3.8, 4) is 0 Å². The summed E-state index contributed by atoms with van der Waals surface area (Å²) < 4.78 is 33.0. The number of aromatic nitrogens is 4. The van der Waals surface area contributed by atoms with E-state index in [0.29, 0.717) is 16.2 Å². The summed E-state index contributed by atoms with van der Waals surface area (Å²) in [5.41, 5.74) is -3.28. The second-order valence-electron chi connectivity index (χ2n) is 14.6. The second-order valence-corrected chi connectivity index (χ2v) is 15.4. The molecule has 17 heteroatoms. The van der Waals surface area contributed by atoms with Crippen LogP contribution in [-0.2, 0) is 25.5 Å². The van der Waals surface area contributed by atoms with E-state index in [1.807, 2.05) is 0 Å². The van der Waals surface area contributed by atoms with E-state index in [1.54, 1.807) is 71.8 Å². The molecule has 2 aromatic heterocycles. The molecule has 1 aliphatic rings. The molecule has 1 aliphatic heterocycles. The molecule has 1 aromatic carbocycles. The minimum absolute atomic E-state index is 0.0322. The summed E-state index contributed by atoms with van der Waals surface area (Å²) in [5, 5.41) is 12.7. The Morgan fingerprint density at radius 3 is 2.10 bits per heavy atom. The van der Waals surface area contributed by atoms with Crippen molar-refractivity contribution in [2.45, 2.75) is 97.6 Å². The third kappa shape index (κ3) is 8.74. The number of anilines is 2. The molecule has 1 atom stereocenters. The highest BCUT2D eigenvalue weighted by Gasteiger charge is 2.47. The molecule has 266 valence electrons. The Morgan fingerprint density at radius 1 is 0.959 bits per heavy atom. The average Bonchev–Trinajstić information content (AvgIpc) is 3.54. The zero-order valence-corrected chi connectivity index (χ0v) is 30.5. The van der Waals surface area contributed by atoms with Crippen LogP contribution in [0.25, 0.3) is 11.2 Å². The number of carboxylic acid groups (broad SMARTS) is 1. The minimum Gasteiger partial charge on any atom is -0.479 e. The van der Waals surface area contributed by atoms with Crippen LogP contribution in [0.15, 0.2) is 29.3 Å². The normalized spacial score (nSPS) is 16.8. The average molecular weight is 751 g/mol. The Morgan fingerprint density at radius 2 is 1.55 bits per heavy atom. The van der Waals surface area contributed by atoms with E-state index in [4.69, 9.17) is 14.2 Å². The first-order valence-electron chi connectivity index (χ1n) is 15.4. The molecule has 2 N–H and O–H groups in total. The third-order valence-electron chi connectivity index (χ3n) is 7.01. The number of hydrogen-bond donors (Lipinski definition) is 2. The SMILES string of the molecule is CC(C)(C)OC(=O)NC1(C(=O)O)CCN(c2ccc(F)c(Br)c2Cn2cnc3c(N(C(=O)OC(C)(C)C)C(=O)OC(C)(C)C)ncnc32)C1. The standard InChI is InChI=1S/C32H41BrFN7O8/c1-29(2,3)47-26(44)38-32(25(42)43)12-13-39(15-32)20-11-10-19(34)21(33)18(20)14-40-17-37-22-23(40)35-16-36-24(22)41(27(45)48-30(4,5)6)28(46)49-31(7,8)9/h10-11,16-17H,12-15H2,1-9H3,(H,38,44)(H,42,43). The number of nitrogens with zero attached hydrogens (tertiary/aromatic N) is 6. The summed E-state index contributed by atoms with van der Waals surface area (Å²) in [5.74, 6) is -2.01. The maximum absolute atomic E-state index is 15.0. The quantitative estimate of drug-likeness (QED) is 0.281. The van der Waals surface area contributed by atoms with E-state index in [2.05, 4.69) is 36.2 Å². The van der Waals surface area contributed by atoms with Gasteiger partial charge >= 0.3 is 24.2 Å². The van der Waals surface area contributed by atoms with Crippen molar-refractivity contribution in [1.82, 2.24) is 24.8 Å². The summed E-state index contributed by atoms with van der Waals surface area (Å²) in [7, 11) is 0. The Kier molecular flexibility index (Phi) is 10.2. The Labute approximate surface area is 291 Å². The summed E-state index contributed by atoms with van der Waals surface area (Å²) >= 11 is 3.35. The molecule has 3 aromatic rings. The van der Waals surface area contributed by atoms with Crippen molar-refractivity contribution < 1.29 is 42.9 Å². The Balaban J connectivity index is 1.73. The second kappa shape index (κ2) is 13.4. The summed E-state index contributed by atoms with van der Waals surface area (Å²) in [4.78, 5) is 67.0. The van der Waals surface area contributed by atoms with Gasteiger partial charge in [-0.3, -0.25) is 0 Å². The number of ether oxygens (including phenoxy) is 3. The van der Waals surface area contributed by atoms with Crippen LogP contribution in [0.5, 0.6) is 0 Å². The lowest BCUT2D eigenvalue weighted by Gasteiger charge is -2.29. The van der Waals surface area contributed by atoms with Crippen molar-refractivity contribution in [3.63, 3.8) is 0 Å². The molecule has 0 saturated carbocycles. The fraction of sp³-hybridized carbons (Fsp3) is 0.531. The number of carbonyl (C=O) groups excluding carboxylic acids is 3. The first-order valence-corrected chi connectivity index (χ1v) is 16.2. The van der Waals surface area contributed by atoms with E-state index < -0.39 is 52.4 Å². The number of hydrogen-bond acceptors (Lipinski definition) is 11. The van der Waals surface area contributed by atoms with Crippen molar-refractivity contribution in [2.75, 3.05) is 22.9 Å². The molecule has 3 heterocycles. The molecule has 1 unspecified atom stereocenters. The number of imide groups is 1. The molecule has 1 fully saturated rings. The number of carboxylic acids is 1. The first-order chi connectivity index (χ1) is 22.5. The molecule has 0 bridgehead atoms. The number of rotatable bonds is 6. The van der Waals surface area contributed by atoms with Gasteiger partial charge in [-0.1, -0.05) is 0 Å². The fourth-order valence-corrected chi connectivity index (χ4v) is 5.51. The summed E-state index contributed by atoms with van der Waals surface area (Å²) in [6.45, 7) is 14.9.